The van der Waals surface area contributed by atoms with E-state index < -0.39 is 0 Å². The molecule has 0 spiro atoms. The molecule has 0 fully saturated rings. The summed E-state index contributed by atoms with van der Waals surface area (Å²) < 4.78 is 0. The molecule has 0 bridgehead atoms. The summed E-state index contributed by atoms with van der Waals surface area (Å²) in [5.74, 6) is -0.541. The van der Waals surface area contributed by atoms with Crippen molar-refractivity contribution in [3.05, 3.63) is 64.2 Å². The minimum atomic E-state index is -0.271. The lowest BCUT2D eigenvalue weighted by Gasteiger charge is -2.18. The Balaban J connectivity index is 2.37. The highest BCUT2D eigenvalue weighted by molar-refractivity contribution is 6.30. The summed E-state index contributed by atoms with van der Waals surface area (Å²) in [6.45, 7) is 0. The molecular formula is C15H8N2O2. The van der Waals surface area contributed by atoms with E-state index in [1.807, 2.05) is 6.07 Å². The second kappa shape index (κ2) is 3.79. The van der Waals surface area contributed by atoms with Crippen molar-refractivity contribution in [3.8, 4) is 6.07 Å². The molecule has 0 aliphatic heterocycles. The SMILES string of the molecule is N#Cc1cc(N)c2c(c1)C(=O)c1ccccc1C2=O. The lowest BCUT2D eigenvalue weighted by molar-refractivity contribution is 0.0979. The minimum absolute atomic E-state index is 0.168. The predicted octanol–water partition coefficient (Wildman–Crippen LogP) is 1.92. The molecule has 2 N–H and O–H groups in total. The molecule has 0 radical (unpaired) electrons. The van der Waals surface area contributed by atoms with Gasteiger partial charge in [-0.1, -0.05) is 24.3 Å². The van der Waals surface area contributed by atoms with Gasteiger partial charge in [0.05, 0.1) is 17.2 Å². The number of carbonyl (C=O) groups excluding carboxylic acids is 2. The average molecular weight is 248 g/mol. The topological polar surface area (TPSA) is 83.9 Å². The van der Waals surface area contributed by atoms with E-state index in [-0.39, 0.29) is 33.9 Å². The van der Waals surface area contributed by atoms with E-state index >= 15 is 0 Å². The summed E-state index contributed by atoms with van der Waals surface area (Å²) in [5, 5.41) is 8.91. The third kappa shape index (κ3) is 1.45. The molecule has 0 heterocycles. The first kappa shape index (κ1) is 11.2. The Morgan fingerprint density at radius 3 is 2.21 bits per heavy atom. The van der Waals surface area contributed by atoms with Gasteiger partial charge in [-0.3, -0.25) is 9.59 Å². The van der Waals surface area contributed by atoms with Gasteiger partial charge in [0.15, 0.2) is 11.6 Å². The van der Waals surface area contributed by atoms with Crippen molar-refractivity contribution in [3.63, 3.8) is 0 Å². The third-order valence-electron chi connectivity index (χ3n) is 3.19. The van der Waals surface area contributed by atoms with E-state index in [4.69, 9.17) is 11.0 Å². The van der Waals surface area contributed by atoms with Crippen LogP contribution in [0, 0.1) is 11.3 Å². The second-order valence-corrected chi connectivity index (χ2v) is 4.30. The maximum atomic E-state index is 12.4. The van der Waals surface area contributed by atoms with Gasteiger partial charge >= 0.3 is 0 Å². The molecule has 0 amide bonds. The van der Waals surface area contributed by atoms with E-state index in [0.717, 1.165) is 0 Å². The Morgan fingerprint density at radius 1 is 0.947 bits per heavy atom. The van der Waals surface area contributed by atoms with E-state index in [1.54, 1.807) is 24.3 Å². The Labute approximate surface area is 109 Å². The van der Waals surface area contributed by atoms with Crippen molar-refractivity contribution in [1.29, 1.82) is 5.26 Å². The van der Waals surface area contributed by atoms with Crippen molar-refractivity contribution < 1.29 is 9.59 Å². The van der Waals surface area contributed by atoms with Gasteiger partial charge in [-0.05, 0) is 12.1 Å². The van der Waals surface area contributed by atoms with Crippen molar-refractivity contribution in [2.45, 2.75) is 0 Å². The fourth-order valence-corrected chi connectivity index (χ4v) is 2.32. The standard InChI is InChI=1S/C15H8N2O2/c16-7-8-5-11-13(12(17)6-8)15(19)10-4-2-1-3-9(10)14(11)18/h1-6H,17H2. The fourth-order valence-electron chi connectivity index (χ4n) is 2.32. The van der Waals surface area contributed by atoms with Gasteiger partial charge in [0, 0.05) is 22.4 Å². The zero-order valence-electron chi connectivity index (χ0n) is 9.81. The minimum Gasteiger partial charge on any atom is -0.398 e. The number of hydrogen-bond acceptors (Lipinski definition) is 4. The number of nitrogens with two attached hydrogens (primary N) is 1. The highest BCUT2D eigenvalue weighted by Crippen LogP contribution is 2.31. The lowest BCUT2D eigenvalue weighted by atomic mass is 9.82. The van der Waals surface area contributed by atoms with E-state index in [2.05, 4.69) is 0 Å². The van der Waals surface area contributed by atoms with Crippen LogP contribution in [0.4, 0.5) is 5.69 Å². The monoisotopic (exact) mass is 248 g/mol. The summed E-state index contributed by atoms with van der Waals surface area (Å²) in [4.78, 5) is 24.7. The van der Waals surface area contributed by atoms with Gasteiger partial charge in [-0.25, -0.2) is 0 Å². The van der Waals surface area contributed by atoms with Gasteiger partial charge in [-0.2, -0.15) is 5.26 Å². The van der Waals surface area contributed by atoms with Crippen LogP contribution in [-0.4, -0.2) is 11.6 Å². The van der Waals surface area contributed by atoms with E-state index in [9.17, 15) is 9.59 Å². The maximum Gasteiger partial charge on any atom is 0.196 e. The maximum absolute atomic E-state index is 12.4. The zero-order valence-corrected chi connectivity index (χ0v) is 9.81. The van der Waals surface area contributed by atoms with E-state index in [1.165, 1.54) is 12.1 Å². The largest absolute Gasteiger partial charge is 0.398 e. The quantitative estimate of drug-likeness (QED) is 0.616. The zero-order chi connectivity index (χ0) is 13.6. The molecule has 2 aromatic carbocycles. The summed E-state index contributed by atoms with van der Waals surface area (Å²) >= 11 is 0. The highest BCUT2D eigenvalue weighted by atomic mass is 16.1. The van der Waals surface area contributed by atoms with Crippen LogP contribution in [0.15, 0.2) is 36.4 Å². The van der Waals surface area contributed by atoms with Crippen molar-refractivity contribution in [2.75, 3.05) is 5.73 Å². The van der Waals surface area contributed by atoms with Crippen LogP contribution < -0.4 is 5.73 Å². The number of anilines is 1. The van der Waals surface area contributed by atoms with Crippen LogP contribution in [0.3, 0.4) is 0 Å². The van der Waals surface area contributed by atoms with Gasteiger partial charge in [0.2, 0.25) is 0 Å². The van der Waals surface area contributed by atoms with Crippen LogP contribution in [0.2, 0.25) is 0 Å². The molecule has 0 atom stereocenters. The number of rotatable bonds is 0. The number of nitrogens with zero attached hydrogens (tertiary/aromatic N) is 1. The summed E-state index contributed by atoms with van der Waals surface area (Å²) in [5.41, 5.74) is 7.37. The number of nitrogen functional groups attached to an aromatic ring is 1. The molecule has 1 aliphatic carbocycles. The molecule has 90 valence electrons. The first-order valence-electron chi connectivity index (χ1n) is 5.65. The van der Waals surface area contributed by atoms with Gasteiger partial charge in [0.1, 0.15) is 0 Å². The Morgan fingerprint density at radius 2 is 1.58 bits per heavy atom. The first-order valence-corrected chi connectivity index (χ1v) is 5.65. The Hall–Kier alpha value is -2.93. The van der Waals surface area contributed by atoms with Crippen LogP contribution in [0.1, 0.15) is 37.4 Å². The average Bonchev–Trinajstić information content (AvgIpc) is 2.44. The molecular weight excluding hydrogens is 240 g/mol. The van der Waals surface area contributed by atoms with Crippen LogP contribution in [-0.2, 0) is 0 Å². The number of benzene rings is 2. The molecule has 0 saturated heterocycles. The predicted molar refractivity (Wildman–Crippen MR) is 68.9 cm³/mol. The van der Waals surface area contributed by atoms with Crippen molar-refractivity contribution in [2.24, 2.45) is 0 Å². The van der Waals surface area contributed by atoms with Crippen molar-refractivity contribution >= 4 is 17.3 Å². The first-order chi connectivity index (χ1) is 9.13. The normalized spacial score (nSPS) is 12.6. The van der Waals surface area contributed by atoms with E-state index in [0.29, 0.717) is 11.1 Å². The lowest BCUT2D eigenvalue weighted by Crippen LogP contribution is -2.22. The second-order valence-electron chi connectivity index (χ2n) is 4.30. The molecule has 2 aromatic rings. The number of fused-ring (bicyclic) bond motifs is 2. The number of hydrogen-bond donors (Lipinski definition) is 1. The Bertz CT molecular complexity index is 785. The summed E-state index contributed by atoms with van der Waals surface area (Å²) in [6, 6.07) is 11.4. The molecule has 19 heavy (non-hydrogen) atoms. The van der Waals surface area contributed by atoms with Crippen LogP contribution >= 0.6 is 0 Å². The molecule has 1 aliphatic rings. The molecule has 4 nitrogen and oxygen atoms in total. The molecule has 3 rings (SSSR count). The number of nitriles is 1. The smallest absolute Gasteiger partial charge is 0.196 e. The van der Waals surface area contributed by atoms with Gasteiger partial charge in [-0.15, -0.1) is 0 Å². The molecule has 4 heteroatoms. The summed E-state index contributed by atoms with van der Waals surface area (Å²) in [7, 11) is 0. The third-order valence-corrected chi connectivity index (χ3v) is 3.19. The van der Waals surface area contributed by atoms with Crippen LogP contribution in [0.5, 0.6) is 0 Å². The molecule has 0 saturated carbocycles. The number of carbonyl (C=O) groups is 2. The fraction of sp³-hybridized carbons (Fsp3) is 0. The summed E-state index contributed by atoms with van der Waals surface area (Å²) in [6.07, 6.45) is 0. The van der Waals surface area contributed by atoms with Crippen molar-refractivity contribution in [1.82, 2.24) is 0 Å². The Kier molecular flexibility index (Phi) is 2.23. The molecule has 0 aromatic heterocycles. The van der Waals surface area contributed by atoms with Crippen LogP contribution in [0.25, 0.3) is 0 Å². The molecule has 0 unspecified atom stereocenters. The highest BCUT2D eigenvalue weighted by Gasteiger charge is 2.31. The van der Waals surface area contributed by atoms with Gasteiger partial charge in [0.25, 0.3) is 0 Å². The number of ketones is 2. The van der Waals surface area contributed by atoms with Gasteiger partial charge < -0.3 is 5.73 Å².